The number of hydrazine groups is 1. The van der Waals surface area contributed by atoms with Crippen LogP contribution in [0.15, 0.2) is 0 Å². The van der Waals surface area contributed by atoms with Crippen molar-refractivity contribution in [3.05, 3.63) is 0 Å². The number of carbonyl (C=O) groups is 1. The Morgan fingerprint density at radius 1 is 1.73 bits per heavy atom. The predicted molar refractivity (Wildman–Crippen MR) is 39.6 cm³/mol. The van der Waals surface area contributed by atoms with Crippen LogP contribution in [0.5, 0.6) is 0 Å². The minimum absolute atomic E-state index is 0.00805. The quantitative estimate of drug-likeness (QED) is 0.383. The van der Waals surface area contributed by atoms with Crippen molar-refractivity contribution in [2.45, 2.75) is 12.5 Å². The summed E-state index contributed by atoms with van der Waals surface area (Å²) < 4.78 is 0. The van der Waals surface area contributed by atoms with Crippen molar-refractivity contribution in [2.24, 2.45) is 0 Å². The minimum atomic E-state index is -0.137. The average molecular weight is 159 g/mol. The first-order chi connectivity index (χ1) is 5.34. The Balaban J connectivity index is 2.17. The summed E-state index contributed by atoms with van der Waals surface area (Å²) in [6, 6.07) is -0.137. The number of carbonyl (C=O) groups excluding carboxylic acids is 1. The van der Waals surface area contributed by atoms with Crippen LogP contribution < -0.4 is 16.2 Å². The number of nitrogens with one attached hydrogen (secondary N) is 3. The van der Waals surface area contributed by atoms with E-state index >= 15 is 0 Å². The zero-order valence-corrected chi connectivity index (χ0v) is 6.26. The number of aliphatic hydroxyl groups is 1. The molecule has 4 N–H and O–H groups in total. The van der Waals surface area contributed by atoms with Crippen molar-refractivity contribution < 1.29 is 9.90 Å². The summed E-state index contributed by atoms with van der Waals surface area (Å²) >= 11 is 0. The molecule has 0 aromatic rings. The van der Waals surface area contributed by atoms with E-state index in [0.717, 1.165) is 13.0 Å². The topological polar surface area (TPSA) is 73.4 Å². The van der Waals surface area contributed by atoms with Gasteiger partial charge in [-0.15, -0.1) is 0 Å². The van der Waals surface area contributed by atoms with E-state index in [1.54, 1.807) is 0 Å². The number of aliphatic hydroxyl groups excluding tert-OH is 1. The molecule has 1 heterocycles. The molecule has 1 amide bonds. The third-order valence-electron chi connectivity index (χ3n) is 1.56. The van der Waals surface area contributed by atoms with Crippen LogP contribution >= 0.6 is 0 Å². The number of hydrogen-bond donors (Lipinski definition) is 4. The van der Waals surface area contributed by atoms with Gasteiger partial charge in [0.15, 0.2) is 0 Å². The van der Waals surface area contributed by atoms with E-state index in [2.05, 4.69) is 16.2 Å². The molecule has 1 atom stereocenters. The second-order valence-corrected chi connectivity index (χ2v) is 2.43. The summed E-state index contributed by atoms with van der Waals surface area (Å²) in [5.74, 6) is -0.0518. The third kappa shape index (κ3) is 2.45. The molecule has 0 radical (unpaired) electrons. The van der Waals surface area contributed by atoms with Crippen LogP contribution in [0, 0.1) is 0 Å². The fourth-order valence-electron chi connectivity index (χ4n) is 0.983. The average Bonchev–Trinajstić information content (AvgIpc) is 2.52. The van der Waals surface area contributed by atoms with Crippen molar-refractivity contribution in [2.75, 3.05) is 19.7 Å². The maximum atomic E-state index is 11.1. The van der Waals surface area contributed by atoms with Crippen LogP contribution in [0.1, 0.15) is 6.42 Å². The SMILES string of the molecule is O=C(NCCO)C1CCNN1. The summed E-state index contributed by atoms with van der Waals surface area (Å²) in [6.07, 6.45) is 0.803. The zero-order chi connectivity index (χ0) is 8.10. The van der Waals surface area contributed by atoms with Crippen LogP contribution in [-0.2, 0) is 4.79 Å². The molecule has 1 aliphatic heterocycles. The molecule has 11 heavy (non-hydrogen) atoms. The highest BCUT2D eigenvalue weighted by atomic mass is 16.3. The predicted octanol–water partition coefficient (Wildman–Crippen LogP) is -2.04. The molecule has 0 aromatic heterocycles. The van der Waals surface area contributed by atoms with Gasteiger partial charge in [0.1, 0.15) is 6.04 Å². The van der Waals surface area contributed by atoms with E-state index in [9.17, 15) is 4.79 Å². The molecule has 5 nitrogen and oxygen atoms in total. The van der Waals surface area contributed by atoms with Gasteiger partial charge in [0.2, 0.25) is 5.91 Å². The van der Waals surface area contributed by atoms with Gasteiger partial charge in [0, 0.05) is 13.1 Å². The fourth-order valence-corrected chi connectivity index (χ4v) is 0.983. The van der Waals surface area contributed by atoms with Crippen LogP contribution in [0.25, 0.3) is 0 Å². The Labute approximate surface area is 65.1 Å². The van der Waals surface area contributed by atoms with Crippen molar-refractivity contribution in [1.82, 2.24) is 16.2 Å². The molecule has 0 spiro atoms. The first-order valence-electron chi connectivity index (χ1n) is 3.71. The van der Waals surface area contributed by atoms with Gasteiger partial charge in [-0.05, 0) is 6.42 Å². The van der Waals surface area contributed by atoms with E-state index in [0.29, 0.717) is 6.54 Å². The lowest BCUT2D eigenvalue weighted by Crippen LogP contribution is -2.43. The van der Waals surface area contributed by atoms with E-state index in [1.165, 1.54) is 0 Å². The Hall–Kier alpha value is -0.650. The van der Waals surface area contributed by atoms with Gasteiger partial charge >= 0.3 is 0 Å². The highest BCUT2D eigenvalue weighted by Crippen LogP contribution is 1.94. The summed E-state index contributed by atoms with van der Waals surface area (Å²) in [5.41, 5.74) is 5.68. The Bertz CT molecular complexity index is 134. The smallest absolute Gasteiger partial charge is 0.238 e. The minimum Gasteiger partial charge on any atom is -0.395 e. The summed E-state index contributed by atoms with van der Waals surface area (Å²) in [4.78, 5) is 11.1. The summed E-state index contributed by atoms with van der Waals surface area (Å²) in [7, 11) is 0. The van der Waals surface area contributed by atoms with Gasteiger partial charge in [-0.3, -0.25) is 10.2 Å². The number of hydrogen-bond acceptors (Lipinski definition) is 4. The molecule has 1 aliphatic rings. The Kier molecular flexibility index (Phi) is 3.28. The lowest BCUT2D eigenvalue weighted by Gasteiger charge is -2.08. The van der Waals surface area contributed by atoms with E-state index in [1.807, 2.05) is 0 Å². The second-order valence-electron chi connectivity index (χ2n) is 2.43. The Morgan fingerprint density at radius 3 is 3.09 bits per heavy atom. The van der Waals surface area contributed by atoms with Crippen LogP contribution in [0.3, 0.4) is 0 Å². The van der Waals surface area contributed by atoms with Crippen molar-refractivity contribution in [3.8, 4) is 0 Å². The maximum absolute atomic E-state index is 11.1. The molecular weight excluding hydrogens is 146 g/mol. The van der Waals surface area contributed by atoms with Gasteiger partial charge in [0.25, 0.3) is 0 Å². The van der Waals surface area contributed by atoms with Crippen LogP contribution in [0.4, 0.5) is 0 Å². The molecule has 1 unspecified atom stereocenters. The van der Waals surface area contributed by atoms with E-state index in [-0.39, 0.29) is 18.6 Å². The fraction of sp³-hybridized carbons (Fsp3) is 0.833. The highest BCUT2D eigenvalue weighted by Gasteiger charge is 2.20. The van der Waals surface area contributed by atoms with E-state index in [4.69, 9.17) is 5.11 Å². The molecule has 0 aromatic carbocycles. The zero-order valence-electron chi connectivity index (χ0n) is 6.26. The summed E-state index contributed by atoms with van der Waals surface area (Å²) in [5, 5.41) is 11.0. The molecule has 1 fully saturated rings. The molecule has 64 valence electrons. The standard InChI is InChI=1S/C6H13N3O2/c10-4-3-7-6(11)5-1-2-8-9-5/h5,8-10H,1-4H2,(H,7,11). The van der Waals surface area contributed by atoms with Gasteiger partial charge < -0.3 is 10.4 Å². The second kappa shape index (κ2) is 4.27. The van der Waals surface area contributed by atoms with E-state index < -0.39 is 0 Å². The molecular formula is C6H13N3O2. The lowest BCUT2D eigenvalue weighted by atomic mass is 10.2. The molecule has 5 heteroatoms. The monoisotopic (exact) mass is 159 g/mol. The lowest BCUT2D eigenvalue weighted by molar-refractivity contribution is -0.123. The largest absolute Gasteiger partial charge is 0.395 e. The van der Waals surface area contributed by atoms with Crippen LogP contribution in [0.2, 0.25) is 0 Å². The molecule has 0 aliphatic carbocycles. The van der Waals surface area contributed by atoms with Gasteiger partial charge in [-0.1, -0.05) is 0 Å². The third-order valence-corrected chi connectivity index (χ3v) is 1.56. The van der Waals surface area contributed by atoms with Crippen molar-refractivity contribution in [1.29, 1.82) is 0 Å². The van der Waals surface area contributed by atoms with Gasteiger partial charge in [-0.25, -0.2) is 5.43 Å². The Morgan fingerprint density at radius 2 is 2.55 bits per heavy atom. The van der Waals surface area contributed by atoms with Crippen molar-refractivity contribution >= 4 is 5.91 Å². The van der Waals surface area contributed by atoms with Gasteiger partial charge in [0.05, 0.1) is 6.61 Å². The van der Waals surface area contributed by atoms with Crippen molar-refractivity contribution in [3.63, 3.8) is 0 Å². The molecule has 0 saturated carbocycles. The normalized spacial score (nSPS) is 23.5. The molecule has 0 bridgehead atoms. The first-order valence-corrected chi connectivity index (χ1v) is 3.71. The highest BCUT2D eigenvalue weighted by molar-refractivity contribution is 5.81. The van der Waals surface area contributed by atoms with Gasteiger partial charge in [-0.2, -0.15) is 0 Å². The van der Waals surface area contributed by atoms with Crippen LogP contribution in [-0.4, -0.2) is 36.8 Å². The molecule has 1 saturated heterocycles. The first kappa shape index (κ1) is 8.45. The number of amides is 1. The maximum Gasteiger partial charge on any atom is 0.238 e. The summed E-state index contributed by atoms with van der Waals surface area (Å²) in [6.45, 7) is 1.14. The number of rotatable bonds is 3. The molecule has 1 rings (SSSR count).